The summed E-state index contributed by atoms with van der Waals surface area (Å²) in [6.07, 6.45) is 1.93. The number of hydrogen-bond acceptors (Lipinski definition) is 6. The molecule has 0 fully saturated rings. The van der Waals surface area contributed by atoms with E-state index in [1.54, 1.807) is 31.2 Å². The molecule has 1 heterocycles. The molecule has 0 aromatic heterocycles. The Morgan fingerprint density at radius 2 is 2.00 bits per heavy atom. The topological polar surface area (TPSA) is 82.0 Å². The van der Waals surface area contributed by atoms with Gasteiger partial charge in [0.15, 0.2) is 0 Å². The molecular formula is C17H18ClNO5. The lowest BCUT2D eigenvalue weighted by atomic mass is 9.72. The van der Waals surface area contributed by atoms with Crippen LogP contribution in [0.15, 0.2) is 29.3 Å². The number of carbonyl (C=O) groups is 3. The fourth-order valence-electron chi connectivity index (χ4n) is 2.93. The lowest BCUT2D eigenvalue weighted by Gasteiger charge is -2.35. The van der Waals surface area contributed by atoms with Gasteiger partial charge in [0.1, 0.15) is 12.3 Å². The van der Waals surface area contributed by atoms with Gasteiger partial charge in [-0.25, -0.2) is 0 Å². The van der Waals surface area contributed by atoms with Crippen molar-refractivity contribution in [3.63, 3.8) is 0 Å². The van der Waals surface area contributed by atoms with Crippen LogP contribution >= 0.6 is 11.6 Å². The molecule has 1 aromatic rings. The second-order valence-corrected chi connectivity index (χ2v) is 5.71. The largest absolute Gasteiger partial charge is 0.469 e. The first-order valence-electron chi connectivity index (χ1n) is 7.52. The Morgan fingerprint density at radius 3 is 2.58 bits per heavy atom. The number of aliphatic imine (C=N–C) groups is 1. The normalized spacial score (nSPS) is 25.8. The molecule has 6 nitrogen and oxygen atoms in total. The fraction of sp³-hybridized carbons (Fsp3) is 0.412. The summed E-state index contributed by atoms with van der Waals surface area (Å²) in [5.41, 5.74) is 0.575. The second kappa shape index (κ2) is 8.06. The predicted octanol–water partition coefficient (Wildman–Crippen LogP) is 2.04. The maximum atomic E-state index is 12.5. The maximum absolute atomic E-state index is 12.5. The molecule has 0 spiro atoms. The first kappa shape index (κ1) is 18.1. The van der Waals surface area contributed by atoms with Crippen LogP contribution in [0.2, 0.25) is 5.02 Å². The lowest BCUT2D eigenvalue weighted by Crippen LogP contribution is -2.44. The molecule has 0 amide bonds. The number of aldehydes is 1. The molecule has 4 atom stereocenters. The Bertz CT molecular complexity index is 660. The van der Waals surface area contributed by atoms with E-state index in [2.05, 4.69) is 4.99 Å². The van der Waals surface area contributed by atoms with Gasteiger partial charge in [-0.15, -0.1) is 0 Å². The number of hydrogen-bond donors (Lipinski definition) is 0. The van der Waals surface area contributed by atoms with Gasteiger partial charge in [-0.05, 0) is 18.6 Å². The fourth-order valence-corrected chi connectivity index (χ4v) is 3.20. The van der Waals surface area contributed by atoms with E-state index < -0.39 is 35.7 Å². The van der Waals surface area contributed by atoms with Crippen LogP contribution in [0.1, 0.15) is 18.4 Å². The summed E-state index contributed by atoms with van der Waals surface area (Å²) < 4.78 is 9.92. The van der Waals surface area contributed by atoms with Crippen molar-refractivity contribution in [2.45, 2.75) is 18.9 Å². The third-order valence-electron chi connectivity index (χ3n) is 4.00. The first-order valence-corrected chi connectivity index (χ1v) is 7.90. The van der Waals surface area contributed by atoms with Gasteiger partial charge in [0.05, 0.1) is 25.6 Å². The zero-order chi connectivity index (χ0) is 17.7. The van der Waals surface area contributed by atoms with Crippen molar-refractivity contribution in [1.82, 2.24) is 0 Å². The molecule has 1 aliphatic rings. The molecule has 0 saturated carbocycles. The van der Waals surface area contributed by atoms with Crippen molar-refractivity contribution in [2.24, 2.45) is 16.8 Å². The molecule has 1 aromatic carbocycles. The zero-order valence-corrected chi connectivity index (χ0v) is 14.1. The molecule has 0 N–H and O–H groups in total. The minimum atomic E-state index is -0.948. The third kappa shape index (κ3) is 3.48. The second-order valence-electron chi connectivity index (χ2n) is 5.30. The minimum Gasteiger partial charge on any atom is -0.469 e. The number of carbonyl (C=O) groups excluding carboxylic acids is 3. The van der Waals surface area contributed by atoms with Crippen molar-refractivity contribution >= 4 is 36.0 Å². The summed E-state index contributed by atoms with van der Waals surface area (Å²) in [5.74, 6) is -3.62. The number of ether oxygens (including phenoxy) is 2. The Morgan fingerprint density at radius 1 is 1.29 bits per heavy atom. The van der Waals surface area contributed by atoms with Crippen LogP contribution in [0.3, 0.4) is 0 Å². The Labute approximate surface area is 144 Å². The highest BCUT2D eigenvalue weighted by atomic mass is 35.5. The van der Waals surface area contributed by atoms with Crippen molar-refractivity contribution in [3.05, 3.63) is 34.9 Å². The highest BCUT2D eigenvalue weighted by Crippen LogP contribution is 2.41. The van der Waals surface area contributed by atoms with Crippen molar-refractivity contribution < 1.29 is 23.9 Å². The van der Waals surface area contributed by atoms with E-state index in [0.29, 0.717) is 16.9 Å². The molecule has 7 heteroatoms. The average molecular weight is 352 g/mol. The van der Waals surface area contributed by atoms with E-state index in [1.807, 2.05) is 0 Å². The van der Waals surface area contributed by atoms with Crippen LogP contribution in [0, 0.1) is 11.8 Å². The Balaban J connectivity index is 2.59. The monoisotopic (exact) mass is 351 g/mol. The van der Waals surface area contributed by atoms with Crippen LogP contribution in [0.4, 0.5) is 0 Å². The predicted molar refractivity (Wildman–Crippen MR) is 88.2 cm³/mol. The van der Waals surface area contributed by atoms with Gasteiger partial charge < -0.3 is 14.3 Å². The SMILES string of the molecule is CCOC(=O)C1C(C=O)N=CC(C(=O)OC)C1c1ccccc1Cl. The van der Waals surface area contributed by atoms with E-state index in [1.165, 1.54) is 13.3 Å². The summed E-state index contributed by atoms with van der Waals surface area (Å²) in [6, 6.07) is 5.93. The van der Waals surface area contributed by atoms with Crippen molar-refractivity contribution in [3.8, 4) is 0 Å². The van der Waals surface area contributed by atoms with Crippen LogP contribution in [0.5, 0.6) is 0 Å². The lowest BCUT2D eigenvalue weighted by molar-refractivity contribution is -0.153. The summed E-state index contributed by atoms with van der Waals surface area (Å²) in [5, 5.41) is 0.394. The number of methoxy groups -OCH3 is 1. The summed E-state index contributed by atoms with van der Waals surface area (Å²) in [6.45, 7) is 1.82. The molecule has 1 aliphatic heterocycles. The molecule has 128 valence electrons. The number of rotatable bonds is 5. The molecule has 0 saturated heterocycles. The summed E-state index contributed by atoms with van der Waals surface area (Å²) >= 11 is 6.27. The number of benzene rings is 1. The van der Waals surface area contributed by atoms with Crippen LogP contribution < -0.4 is 0 Å². The quantitative estimate of drug-likeness (QED) is 0.599. The molecule has 4 unspecified atom stereocenters. The Hall–Kier alpha value is -2.21. The minimum absolute atomic E-state index is 0.156. The van der Waals surface area contributed by atoms with E-state index in [-0.39, 0.29) is 6.61 Å². The standard InChI is InChI=1S/C17H18ClNO5/c1-3-24-17(22)15-13(9-20)19-8-11(16(21)23-2)14(15)10-6-4-5-7-12(10)18/h4-9,11,13-15H,3H2,1-2H3. The molecule has 0 bridgehead atoms. The number of halogens is 1. The molecule has 24 heavy (non-hydrogen) atoms. The molecule has 0 radical (unpaired) electrons. The van der Waals surface area contributed by atoms with Gasteiger partial charge >= 0.3 is 11.9 Å². The van der Waals surface area contributed by atoms with Crippen LogP contribution in [0.25, 0.3) is 0 Å². The average Bonchev–Trinajstić information content (AvgIpc) is 2.60. The highest BCUT2D eigenvalue weighted by Gasteiger charge is 2.47. The first-order chi connectivity index (χ1) is 11.5. The van der Waals surface area contributed by atoms with Crippen LogP contribution in [-0.2, 0) is 23.9 Å². The summed E-state index contributed by atoms with van der Waals surface area (Å²) in [7, 11) is 1.25. The van der Waals surface area contributed by atoms with Gasteiger partial charge in [-0.1, -0.05) is 29.8 Å². The van der Waals surface area contributed by atoms with Crippen molar-refractivity contribution in [1.29, 1.82) is 0 Å². The van der Waals surface area contributed by atoms with E-state index in [0.717, 1.165) is 0 Å². The molecule has 0 aliphatic carbocycles. The van der Waals surface area contributed by atoms with Crippen LogP contribution in [-0.4, -0.2) is 44.2 Å². The van der Waals surface area contributed by atoms with Gasteiger partial charge in [-0.2, -0.15) is 0 Å². The molecular weight excluding hydrogens is 334 g/mol. The van der Waals surface area contributed by atoms with E-state index in [4.69, 9.17) is 21.1 Å². The third-order valence-corrected chi connectivity index (χ3v) is 4.34. The van der Waals surface area contributed by atoms with Gasteiger partial charge in [0.25, 0.3) is 0 Å². The van der Waals surface area contributed by atoms with Gasteiger partial charge in [-0.3, -0.25) is 14.6 Å². The van der Waals surface area contributed by atoms with Gasteiger partial charge in [0, 0.05) is 17.2 Å². The Kier molecular flexibility index (Phi) is 6.09. The van der Waals surface area contributed by atoms with E-state index >= 15 is 0 Å². The smallest absolute Gasteiger partial charge is 0.314 e. The molecule has 2 rings (SSSR count). The van der Waals surface area contributed by atoms with Gasteiger partial charge in [0.2, 0.25) is 0 Å². The van der Waals surface area contributed by atoms with Crippen molar-refractivity contribution in [2.75, 3.05) is 13.7 Å². The van der Waals surface area contributed by atoms with E-state index in [9.17, 15) is 14.4 Å². The number of esters is 2. The maximum Gasteiger partial charge on any atom is 0.314 e. The number of nitrogens with zero attached hydrogens (tertiary/aromatic N) is 1. The summed E-state index contributed by atoms with van der Waals surface area (Å²) in [4.78, 5) is 40.1. The highest BCUT2D eigenvalue weighted by molar-refractivity contribution is 6.31. The zero-order valence-electron chi connectivity index (χ0n) is 13.3.